The topological polar surface area (TPSA) is 130 Å². The maximum Gasteiger partial charge on any atom is 0.307 e. The van der Waals surface area contributed by atoms with Crippen molar-refractivity contribution in [2.45, 2.75) is 18.4 Å². The molecule has 30 heavy (non-hydrogen) atoms. The summed E-state index contributed by atoms with van der Waals surface area (Å²) in [6, 6.07) is 14.5. The van der Waals surface area contributed by atoms with Crippen molar-refractivity contribution >= 4 is 37.8 Å². The number of benzene rings is 2. The van der Waals surface area contributed by atoms with E-state index in [1.165, 1.54) is 19.1 Å². The molecule has 11 heteroatoms. The van der Waals surface area contributed by atoms with Crippen LogP contribution in [0.2, 0.25) is 0 Å². The standard InChI is InChI=1S/C19H17BrN4O5S/c1-12-17(19(26)24-23-18(25)13-6-3-2-4-7-13)29-16(22-12)11-21-30(27,28)15-9-5-8-14(20)10-15/h2-10,21H,11H2,1H3,(H,23,25)(H,24,26). The van der Waals surface area contributed by atoms with Crippen molar-refractivity contribution < 1.29 is 22.4 Å². The van der Waals surface area contributed by atoms with Crippen molar-refractivity contribution in [2.24, 2.45) is 0 Å². The number of nitrogens with one attached hydrogen (secondary N) is 3. The van der Waals surface area contributed by atoms with Crippen LogP contribution in [0.15, 0.2) is 68.4 Å². The van der Waals surface area contributed by atoms with E-state index < -0.39 is 21.8 Å². The van der Waals surface area contributed by atoms with Crippen molar-refractivity contribution in [1.29, 1.82) is 0 Å². The number of carbonyl (C=O) groups is 2. The number of oxazole rings is 1. The lowest BCUT2D eigenvalue weighted by Crippen LogP contribution is -2.41. The second kappa shape index (κ2) is 9.20. The normalized spacial score (nSPS) is 11.1. The van der Waals surface area contributed by atoms with Gasteiger partial charge in [0.25, 0.3) is 5.91 Å². The Morgan fingerprint density at radius 2 is 1.73 bits per heavy atom. The summed E-state index contributed by atoms with van der Waals surface area (Å²) in [4.78, 5) is 28.4. The number of amides is 2. The predicted molar refractivity (Wildman–Crippen MR) is 111 cm³/mol. The summed E-state index contributed by atoms with van der Waals surface area (Å²) < 4.78 is 33.1. The van der Waals surface area contributed by atoms with Crippen LogP contribution in [0.1, 0.15) is 32.5 Å². The Hall–Kier alpha value is -3.02. The largest absolute Gasteiger partial charge is 0.434 e. The Morgan fingerprint density at radius 1 is 1.03 bits per heavy atom. The number of sulfonamides is 1. The summed E-state index contributed by atoms with van der Waals surface area (Å²) in [5.41, 5.74) is 5.13. The summed E-state index contributed by atoms with van der Waals surface area (Å²) in [5.74, 6) is -1.35. The zero-order chi connectivity index (χ0) is 21.7. The van der Waals surface area contributed by atoms with Gasteiger partial charge in [-0.2, -0.15) is 0 Å². The number of hydrogen-bond acceptors (Lipinski definition) is 6. The molecule has 1 aromatic heterocycles. The lowest BCUT2D eigenvalue weighted by molar-refractivity contribution is 0.0829. The summed E-state index contributed by atoms with van der Waals surface area (Å²) in [7, 11) is -3.79. The quantitative estimate of drug-likeness (QED) is 0.452. The molecule has 0 radical (unpaired) electrons. The fourth-order valence-electron chi connectivity index (χ4n) is 2.44. The highest BCUT2D eigenvalue weighted by molar-refractivity contribution is 9.10. The van der Waals surface area contributed by atoms with Gasteiger partial charge in [0.2, 0.25) is 21.7 Å². The molecule has 156 valence electrons. The molecular weight excluding hydrogens is 476 g/mol. The highest BCUT2D eigenvalue weighted by atomic mass is 79.9. The predicted octanol–water partition coefficient (Wildman–Crippen LogP) is 2.30. The van der Waals surface area contributed by atoms with E-state index in [9.17, 15) is 18.0 Å². The SMILES string of the molecule is Cc1nc(CNS(=O)(=O)c2cccc(Br)c2)oc1C(=O)NNC(=O)c1ccccc1. The van der Waals surface area contributed by atoms with Crippen LogP contribution in [0.25, 0.3) is 0 Å². The molecule has 3 rings (SSSR count). The molecule has 0 aliphatic heterocycles. The van der Waals surface area contributed by atoms with Gasteiger partial charge < -0.3 is 4.42 Å². The van der Waals surface area contributed by atoms with E-state index in [0.717, 1.165) is 0 Å². The zero-order valence-corrected chi connectivity index (χ0v) is 18.1. The van der Waals surface area contributed by atoms with Crippen LogP contribution >= 0.6 is 15.9 Å². The molecule has 3 N–H and O–H groups in total. The van der Waals surface area contributed by atoms with E-state index in [1.54, 1.807) is 42.5 Å². The Bertz CT molecular complexity index is 1180. The first-order chi connectivity index (χ1) is 14.3. The molecule has 0 saturated heterocycles. The lowest BCUT2D eigenvalue weighted by Gasteiger charge is -2.06. The lowest BCUT2D eigenvalue weighted by atomic mass is 10.2. The highest BCUT2D eigenvalue weighted by Crippen LogP contribution is 2.17. The van der Waals surface area contributed by atoms with Crippen molar-refractivity contribution in [3.05, 3.63) is 82.0 Å². The van der Waals surface area contributed by atoms with Gasteiger partial charge in [-0.05, 0) is 37.3 Å². The summed E-state index contributed by atoms with van der Waals surface area (Å²) in [6.07, 6.45) is 0. The number of aromatic nitrogens is 1. The number of aryl methyl sites for hydroxylation is 1. The van der Waals surface area contributed by atoms with Crippen LogP contribution in [-0.2, 0) is 16.6 Å². The van der Waals surface area contributed by atoms with Crippen LogP contribution in [0, 0.1) is 6.92 Å². The van der Waals surface area contributed by atoms with Crippen molar-refractivity contribution in [3.8, 4) is 0 Å². The Kier molecular flexibility index (Phi) is 6.65. The third-order valence-corrected chi connectivity index (χ3v) is 5.78. The molecule has 2 aromatic carbocycles. The average Bonchev–Trinajstić information content (AvgIpc) is 3.12. The second-order valence-electron chi connectivity index (χ2n) is 6.08. The first-order valence-corrected chi connectivity index (χ1v) is 10.9. The molecule has 0 spiro atoms. The van der Waals surface area contributed by atoms with Crippen LogP contribution in [0.5, 0.6) is 0 Å². The minimum Gasteiger partial charge on any atom is -0.434 e. The fourth-order valence-corrected chi connectivity index (χ4v) is 4.02. The number of halogens is 1. The van der Waals surface area contributed by atoms with E-state index >= 15 is 0 Å². The van der Waals surface area contributed by atoms with E-state index in [2.05, 4.69) is 36.5 Å². The molecular formula is C19H17BrN4O5S. The Balaban J connectivity index is 1.62. The third kappa shape index (κ3) is 5.32. The monoisotopic (exact) mass is 492 g/mol. The summed E-state index contributed by atoms with van der Waals surface area (Å²) >= 11 is 3.22. The molecule has 9 nitrogen and oxygen atoms in total. The average molecular weight is 493 g/mol. The van der Waals surface area contributed by atoms with Crippen LogP contribution < -0.4 is 15.6 Å². The number of hydrazine groups is 1. The molecule has 0 aliphatic rings. The van der Waals surface area contributed by atoms with Gasteiger partial charge in [-0.1, -0.05) is 40.2 Å². The highest BCUT2D eigenvalue weighted by Gasteiger charge is 2.20. The van der Waals surface area contributed by atoms with Gasteiger partial charge in [-0.25, -0.2) is 18.1 Å². The number of carbonyl (C=O) groups excluding carboxylic acids is 2. The van der Waals surface area contributed by atoms with Gasteiger partial charge in [0.1, 0.15) is 0 Å². The van der Waals surface area contributed by atoms with E-state index in [1.807, 2.05) is 0 Å². The van der Waals surface area contributed by atoms with E-state index in [4.69, 9.17) is 4.42 Å². The maximum absolute atomic E-state index is 12.4. The van der Waals surface area contributed by atoms with Gasteiger partial charge in [-0.3, -0.25) is 20.4 Å². The molecule has 3 aromatic rings. The summed E-state index contributed by atoms with van der Waals surface area (Å²) in [6.45, 7) is 1.28. The zero-order valence-electron chi connectivity index (χ0n) is 15.7. The molecule has 0 atom stereocenters. The van der Waals surface area contributed by atoms with Crippen molar-refractivity contribution in [2.75, 3.05) is 0 Å². The molecule has 0 aliphatic carbocycles. The molecule has 0 saturated carbocycles. The number of rotatable bonds is 6. The fraction of sp³-hybridized carbons (Fsp3) is 0.105. The molecule has 0 unspecified atom stereocenters. The third-order valence-electron chi connectivity index (χ3n) is 3.89. The van der Waals surface area contributed by atoms with Crippen molar-refractivity contribution in [3.63, 3.8) is 0 Å². The molecule has 2 amide bonds. The van der Waals surface area contributed by atoms with E-state index in [0.29, 0.717) is 10.0 Å². The maximum atomic E-state index is 12.4. The van der Waals surface area contributed by atoms with Gasteiger partial charge in [0.15, 0.2) is 0 Å². The van der Waals surface area contributed by atoms with Crippen LogP contribution in [0.4, 0.5) is 0 Å². The van der Waals surface area contributed by atoms with Gasteiger partial charge >= 0.3 is 5.91 Å². The van der Waals surface area contributed by atoms with Gasteiger partial charge in [-0.15, -0.1) is 0 Å². The Morgan fingerprint density at radius 3 is 2.43 bits per heavy atom. The Labute approximate surface area is 181 Å². The number of nitrogens with zero attached hydrogens (tertiary/aromatic N) is 1. The molecule has 1 heterocycles. The van der Waals surface area contributed by atoms with Crippen LogP contribution in [0.3, 0.4) is 0 Å². The van der Waals surface area contributed by atoms with E-state index in [-0.39, 0.29) is 28.8 Å². The smallest absolute Gasteiger partial charge is 0.307 e. The molecule has 0 bridgehead atoms. The minimum atomic E-state index is -3.79. The number of hydrogen-bond donors (Lipinski definition) is 3. The second-order valence-corrected chi connectivity index (χ2v) is 8.76. The van der Waals surface area contributed by atoms with Gasteiger partial charge in [0.05, 0.1) is 17.1 Å². The first kappa shape index (κ1) is 21.7. The molecule has 0 fully saturated rings. The van der Waals surface area contributed by atoms with Crippen LogP contribution in [-0.4, -0.2) is 25.2 Å². The minimum absolute atomic E-state index is 0.00519. The summed E-state index contributed by atoms with van der Waals surface area (Å²) in [5, 5.41) is 0. The van der Waals surface area contributed by atoms with Crippen molar-refractivity contribution in [1.82, 2.24) is 20.6 Å². The van der Waals surface area contributed by atoms with Gasteiger partial charge in [0, 0.05) is 10.0 Å². The first-order valence-electron chi connectivity index (χ1n) is 8.63.